The fourth-order valence-corrected chi connectivity index (χ4v) is 2.54. The van der Waals surface area contributed by atoms with E-state index in [2.05, 4.69) is 15.9 Å². The van der Waals surface area contributed by atoms with E-state index >= 15 is 0 Å². The van der Waals surface area contributed by atoms with Crippen molar-refractivity contribution in [2.24, 2.45) is 0 Å². The topological polar surface area (TPSA) is 55.6 Å². The number of rotatable bonds is 3. The number of piperidine rings is 1. The Morgan fingerprint density at radius 1 is 1.33 bits per heavy atom. The Morgan fingerprint density at radius 3 is 2.72 bits per heavy atom. The van der Waals surface area contributed by atoms with Crippen molar-refractivity contribution in [2.45, 2.75) is 19.3 Å². The molecule has 1 amide bonds. The zero-order valence-electron chi connectivity index (χ0n) is 10.2. The molecule has 0 atom stereocenters. The lowest BCUT2D eigenvalue weighted by Crippen LogP contribution is -2.38. The van der Waals surface area contributed by atoms with Crippen molar-refractivity contribution in [2.75, 3.05) is 25.4 Å². The van der Waals surface area contributed by atoms with Crippen molar-refractivity contribution in [1.82, 2.24) is 4.90 Å². The van der Waals surface area contributed by atoms with Gasteiger partial charge >= 0.3 is 0 Å². The number of carbonyl (C=O) groups is 1. The van der Waals surface area contributed by atoms with Gasteiger partial charge in [0.05, 0.1) is 10.2 Å². The first-order valence-electron chi connectivity index (χ1n) is 6.13. The molecular weight excluding hydrogens is 296 g/mol. The number of likely N-dealkylation sites (tertiary alicyclic amines) is 1. The highest BCUT2D eigenvalue weighted by Gasteiger charge is 2.17. The summed E-state index contributed by atoms with van der Waals surface area (Å²) in [5, 5.41) is 0. The van der Waals surface area contributed by atoms with Crippen LogP contribution in [0, 0.1) is 0 Å². The van der Waals surface area contributed by atoms with Gasteiger partial charge < -0.3 is 15.4 Å². The predicted molar refractivity (Wildman–Crippen MR) is 74.5 cm³/mol. The molecule has 0 radical (unpaired) electrons. The largest absolute Gasteiger partial charge is 0.480 e. The zero-order chi connectivity index (χ0) is 13.0. The second-order valence-electron chi connectivity index (χ2n) is 4.39. The highest BCUT2D eigenvalue weighted by molar-refractivity contribution is 9.10. The summed E-state index contributed by atoms with van der Waals surface area (Å²) in [5.41, 5.74) is 6.34. The van der Waals surface area contributed by atoms with E-state index in [1.165, 1.54) is 6.42 Å². The van der Waals surface area contributed by atoms with Gasteiger partial charge in [0.2, 0.25) is 0 Å². The number of ether oxygens (including phenoxy) is 1. The predicted octanol–water partition coefficient (Wildman–Crippen LogP) is 2.42. The molecule has 5 heteroatoms. The highest BCUT2D eigenvalue weighted by atomic mass is 79.9. The molecule has 98 valence electrons. The van der Waals surface area contributed by atoms with E-state index < -0.39 is 0 Å². The van der Waals surface area contributed by atoms with Crippen LogP contribution in [-0.4, -0.2) is 30.5 Å². The summed E-state index contributed by atoms with van der Waals surface area (Å²) in [6.07, 6.45) is 3.38. The third kappa shape index (κ3) is 3.16. The molecular formula is C13H17BrN2O2. The lowest BCUT2D eigenvalue weighted by molar-refractivity contribution is -0.134. The van der Waals surface area contributed by atoms with Crippen LogP contribution >= 0.6 is 15.9 Å². The molecule has 0 saturated carbocycles. The summed E-state index contributed by atoms with van der Waals surface area (Å²) in [4.78, 5) is 13.8. The number of para-hydroxylation sites is 1. The zero-order valence-corrected chi connectivity index (χ0v) is 11.8. The maximum Gasteiger partial charge on any atom is 0.260 e. The summed E-state index contributed by atoms with van der Waals surface area (Å²) < 4.78 is 6.29. The number of halogens is 1. The van der Waals surface area contributed by atoms with Crippen molar-refractivity contribution in [3.8, 4) is 5.75 Å². The van der Waals surface area contributed by atoms with Crippen molar-refractivity contribution >= 4 is 27.5 Å². The lowest BCUT2D eigenvalue weighted by atomic mass is 10.1. The first kappa shape index (κ1) is 13.2. The molecule has 2 rings (SSSR count). The standard InChI is InChI=1S/C13H17BrN2O2/c14-10-5-4-6-11(15)13(10)18-9-12(17)16-7-2-1-3-8-16/h4-6H,1-3,7-9,15H2. The van der Waals surface area contributed by atoms with Gasteiger partial charge in [0.15, 0.2) is 12.4 Å². The number of hydrogen-bond donors (Lipinski definition) is 1. The monoisotopic (exact) mass is 312 g/mol. The Kier molecular flexibility index (Phi) is 4.47. The summed E-state index contributed by atoms with van der Waals surface area (Å²) in [7, 11) is 0. The van der Waals surface area contributed by atoms with Crippen LogP contribution in [0.25, 0.3) is 0 Å². The molecule has 18 heavy (non-hydrogen) atoms. The number of nitrogens with zero attached hydrogens (tertiary/aromatic N) is 1. The SMILES string of the molecule is Nc1cccc(Br)c1OCC(=O)N1CCCCC1. The Hall–Kier alpha value is -1.23. The summed E-state index contributed by atoms with van der Waals surface area (Å²) in [5.74, 6) is 0.577. The minimum Gasteiger partial charge on any atom is -0.480 e. The van der Waals surface area contributed by atoms with Crippen LogP contribution in [0.3, 0.4) is 0 Å². The van der Waals surface area contributed by atoms with Crippen LogP contribution < -0.4 is 10.5 Å². The molecule has 1 aliphatic rings. The fraction of sp³-hybridized carbons (Fsp3) is 0.462. The smallest absolute Gasteiger partial charge is 0.260 e. The summed E-state index contributed by atoms with van der Waals surface area (Å²) >= 11 is 3.36. The first-order chi connectivity index (χ1) is 8.68. The van der Waals surface area contributed by atoms with E-state index in [1.54, 1.807) is 6.07 Å². The number of nitrogen functional groups attached to an aromatic ring is 1. The average molecular weight is 313 g/mol. The van der Waals surface area contributed by atoms with E-state index in [0.29, 0.717) is 11.4 Å². The van der Waals surface area contributed by atoms with Gasteiger partial charge in [-0.2, -0.15) is 0 Å². The Labute approximate surface area is 115 Å². The molecule has 0 spiro atoms. The number of hydrogen-bond acceptors (Lipinski definition) is 3. The molecule has 1 heterocycles. The molecule has 1 aromatic rings. The van der Waals surface area contributed by atoms with E-state index in [4.69, 9.17) is 10.5 Å². The first-order valence-corrected chi connectivity index (χ1v) is 6.92. The molecule has 0 unspecified atom stereocenters. The maximum atomic E-state index is 11.9. The van der Waals surface area contributed by atoms with Gasteiger partial charge in [-0.25, -0.2) is 0 Å². The number of anilines is 1. The molecule has 4 nitrogen and oxygen atoms in total. The van der Waals surface area contributed by atoms with Crippen LogP contribution in [0.2, 0.25) is 0 Å². The summed E-state index contributed by atoms with van der Waals surface area (Å²) in [6, 6.07) is 5.43. The number of carbonyl (C=O) groups excluding carboxylic acids is 1. The van der Waals surface area contributed by atoms with Gasteiger partial charge in [0.25, 0.3) is 5.91 Å². The second-order valence-corrected chi connectivity index (χ2v) is 5.24. The van der Waals surface area contributed by atoms with Gasteiger partial charge in [-0.1, -0.05) is 6.07 Å². The molecule has 0 aromatic heterocycles. The minimum absolute atomic E-state index is 0.0323. The van der Waals surface area contributed by atoms with Crippen molar-refractivity contribution in [1.29, 1.82) is 0 Å². The van der Waals surface area contributed by atoms with Gasteiger partial charge in [-0.3, -0.25) is 4.79 Å². The van der Waals surface area contributed by atoms with E-state index in [1.807, 2.05) is 17.0 Å². The van der Waals surface area contributed by atoms with Gasteiger partial charge in [-0.05, 0) is 47.3 Å². The van der Waals surface area contributed by atoms with Crippen LogP contribution in [-0.2, 0) is 4.79 Å². The normalized spacial score (nSPS) is 15.5. The average Bonchev–Trinajstić information content (AvgIpc) is 2.39. The fourth-order valence-electron chi connectivity index (χ4n) is 2.05. The Morgan fingerprint density at radius 2 is 2.06 bits per heavy atom. The van der Waals surface area contributed by atoms with E-state index in [9.17, 15) is 4.79 Å². The lowest BCUT2D eigenvalue weighted by Gasteiger charge is -2.26. The second kappa shape index (κ2) is 6.09. The van der Waals surface area contributed by atoms with Gasteiger partial charge in [0, 0.05) is 13.1 Å². The minimum atomic E-state index is 0.0323. The third-order valence-electron chi connectivity index (χ3n) is 3.05. The molecule has 1 aliphatic heterocycles. The van der Waals surface area contributed by atoms with Crippen LogP contribution in [0.5, 0.6) is 5.75 Å². The highest BCUT2D eigenvalue weighted by Crippen LogP contribution is 2.30. The number of nitrogens with two attached hydrogens (primary N) is 1. The van der Waals surface area contributed by atoms with E-state index in [0.717, 1.165) is 30.4 Å². The van der Waals surface area contributed by atoms with Crippen LogP contribution in [0.15, 0.2) is 22.7 Å². The van der Waals surface area contributed by atoms with Gasteiger partial charge in [0.1, 0.15) is 0 Å². The van der Waals surface area contributed by atoms with Crippen molar-refractivity contribution < 1.29 is 9.53 Å². The van der Waals surface area contributed by atoms with Crippen LogP contribution in [0.1, 0.15) is 19.3 Å². The molecule has 2 N–H and O–H groups in total. The number of benzene rings is 1. The Balaban J connectivity index is 1.92. The molecule has 1 aromatic carbocycles. The van der Waals surface area contributed by atoms with Crippen LogP contribution in [0.4, 0.5) is 5.69 Å². The maximum absolute atomic E-state index is 11.9. The Bertz CT molecular complexity index is 411. The third-order valence-corrected chi connectivity index (χ3v) is 3.67. The van der Waals surface area contributed by atoms with Crippen molar-refractivity contribution in [3.05, 3.63) is 22.7 Å². The quantitative estimate of drug-likeness (QED) is 0.872. The molecule has 0 aliphatic carbocycles. The molecule has 1 saturated heterocycles. The van der Waals surface area contributed by atoms with Gasteiger partial charge in [-0.15, -0.1) is 0 Å². The molecule has 0 bridgehead atoms. The van der Waals surface area contributed by atoms with Crippen molar-refractivity contribution in [3.63, 3.8) is 0 Å². The number of amides is 1. The summed E-state index contributed by atoms with van der Waals surface area (Å²) in [6.45, 7) is 1.73. The van der Waals surface area contributed by atoms with E-state index in [-0.39, 0.29) is 12.5 Å². The molecule has 1 fully saturated rings.